The molecule has 0 radical (unpaired) electrons. The molecule has 1 aliphatic rings. The molecule has 0 spiro atoms. The molecule has 0 saturated heterocycles. The molecule has 2 aromatic rings. The third kappa shape index (κ3) is 4.76. The molecule has 1 aliphatic carbocycles. The van der Waals surface area contributed by atoms with Crippen molar-refractivity contribution in [3.8, 4) is 17.0 Å². The molecule has 1 heterocycles. The highest BCUT2D eigenvalue weighted by molar-refractivity contribution is 6.33. The zero-order valence-electron chi connectivity index (χ0n) is 14.7. The first-order chi connectivity index (χ1) is 13.5. The van der Waals surface area contributed by atoms with E-state index in [1.165, 1.54) is 29.9 Å². The summed E-state index contributed by atoms with van der Waals surface area (Å²) >= 11 is 6.04. The lowest BCUT2D eigenvalue weighted by Gasteiger charge is -2.20. The summed E-state index contributed by atoms with van der Waals surface area (Å²) in [6.07, 6.45) is -3.26. The minimum Gasteiger partial charge on any atom is -0.406 e. The fourth-order valence-electron chi connectivity index (χ4n) is 2.72. The van der Waals surface area contributed by atoms with Gasteiger partial charge in [0, 0.05) is 12.6 Å². The maximum atomic E-state index is 13.8. The highest BCUT2D eigenvalue weighted by atomic mass is 35.5. The van der Waals surface area contributed by atoms with E-state index in [1.807, 2.05) is 0 Å². The molecule has 0 saturated carbocycles. The van der Waals surface area contributed by atoms with E-state index >= 15 is 0 Å². The highest BCUT2D eigenvalue weighted by Crippen LogP contribution is 2.33. The zero-order valence-corrected chi connectivity index (χ0v) is 15.4. The van der Waals surface area contributed by atoms with Gasteiger partial charge in [0.1, 0.15) is 23.8 Å². The first-order valence-electron chi connectivity index (χ1n) is 8.13. The lowest BCUT2D eigenvalue weighted by atomic mass is 10.1. The molecular formula is C18H13ClF5N3O2. The maximum Gasteiger partial charge on any atom is 0.573 e. The number of hydrogen-bond donors (Lipinski definition) is 1. The molecule has 0 fully saturated rings. The molecule has 0 aliphatic heterocycles. The normalized spacial score (nSPS) is 19.1. The smallest absolute Gasteiger partial charge is 0.406 e. The summed E-state index contributed by atoms with van der Waals surface area (Å²) in [5.41, 5.74) is 0.434. The van der Waals surface area contributed by atoms with Crippen LogP contribution in [0.5, 0.6) is 5.75 Å². The number of rotatable bonds is 4. The summed E-state index contributed by atoms with van der Waals surface area (Å²) in [4.78, 5) is 12.3. The molecule has 1 N–H and O–H groups in total. The standard InChI is InChI=1S/C18H13ClF5N3O2/c1-27-15(10-6-5-9(7-11(10)19)29-18(22,23)24)8-14(26-27)17(28)25-16-12(20)3-2-4-13(16)21/h2-8,12,16H,1H3,(H,25,28). The zero-order chi connectivity index (χ0) is 21.3. The molecule has 0 bridgehead atoms. The van der Waals surface area contributed by atoms with Gasteiger partial charge in [-0.1, -0.05) is 17.7 Å². The molecule has 11 heteroatoms. The van der Waals surface area contributed by atoms with Crippen LogP contribution in [0.1, 0.15) is 10.5 Å². The summed E-state index contributed by atoms with van der Waals surface area (Å²) in [7, 11) is 1.48. The van der Waals surface area contributed by atoms with Gasteiger partial charge in [-0.15, -0.1) is 13.2 Å². The predicted molar refractivity (Wildman–Crippen MR) is 94.8 cm³/mol. The lowest BCUT2D eigenvalue weighted by molar-refractivity contribution is -0.274. The highest BCUT2D eigenvalue weighted by Gasteiger charge is 2.31. The van der Waals surface area contributed by atoms with Gasteiger partial charge in [0.05, 0.1) is 10.7 Å². The Morgan fingerprint density at radius 1 is 1.31 bits per heavy atom. The molecule has 1 amide bonds. The van der Waals surface area contributed by atoms with Crippen molar-refractivity contribution in [1.82, 2.24) is 15.1 Å². The van der Waals surface area contributed by atoms with Gasteiger partial charge in [0.15, 0.2) is 5.69 Å². The average molecular weight is 434 g/mol. The molecule has 5 nitrogen and oxygen atoms in total. The van der Waals surface area contributed by atoms with Crippen molar-refractivity contribution in [3.63, 3.8) is 0 Å². The Morgan fingerprint density at radius 3 is 2.66 bits per heavy atom. The Labute approximate surface area is 166 Å². The molecule has 2 unspecified atom stereocenters. The van der Waals surface area contributed by atoms with Crippen molar-refractivity contribution in [2.45, 2.75) is 18.6 Å². The third-order valence-electron chi connectivity index (χ3n) is 4.02. The van der Waals surface area contributed by atoms with E-state index in [-0.39, 0.29) is 16.3 Å². The number of halogens is 6. The van der Waals surface area contributed by atoms with Gasteiger partial charge in [0.2, 0.25) is 0 Å². The Hall–Kier alpha value is -2.88. The Kier molecular flexibility index (Phi) is 5.65. The van der Waals surface area contributed by atoms with Crippen molar-refractivity contribution in [2.75, 3.05) is 0 Å². The number of aromatic nitrogens is 2. The van der Waals surface area contributed by atoms with Crippen molar-refractivity contribution >= 4 is 17.5 Å². The molecule has 3 rings (SSSR count). The van der Waals surface area contributed by atoms with Crippen LogP contribution in [0.2, 0.25) is 5.02 Å². The number of alkyl halides is 4. The van der Waals surface area contributed by atoms with E-state index in [2.05, 4.69) is 15.2 Å². The van der Waals surface area contributed by atoms with Crippen LogP contribution in [-0.2, 0) is 7.05 Å². The predicted octanol–water partition coefficient (Wildman–Crippen LogP) is 4.50. The molecule has 2 atom stereocenters. The van der Waals surface area contributed by atoms with E-state index in [1.54, 1.807) is 0 Å². The number of nitrogens with one attached hydrogen (secondary N) is 1. The average Bonchev–Trinajstić information content (AvgIpc) is 2.98. The fraction of sp³-hybridized carbons (Fsp3) is 0.222. The SMILES string of the molecule is Cn1nc(C(=O)NC2C(F)=CC=CC2F)cc1-c1ccc(OC(F)(F)F)cc1Cl. The fourth-order valence-corrected chi connectivity index (χ4v) is 2.98. The maximum absolute atomic E-state index is 13.8. The van der Waals surface area contributed by atoms with E-state index in [0.717, 1.165) is 24.3 Å². The molecule has 1 aromatic carbocycles. The summed E-state index contributed by atoms with van der Waals surface area (Å²) in [6, 6.07) is 3.13. The third-order valence-corrected chi connectivity index (χ3v) is 4.33. The van der Waals surface area contributed by atoms with E-state index in [9.17, 15) is 26.7 Å². The van der Waals surface area contributed by atoms with Crippen molar-refractivity contribution < 1.29 is 31.5 Å². The van der Waals surface area contributed by atoms with Crippen LogP contribution in [0.25, 0.3) is 11.3 Å². The second-order valence-electron chi connectivity index (χ2n) is 6.06. The topological polar surface area (TPSA) is 56.2 Å². The monoisotopic (exact) mass is 433 g/mol. The van der Waals surface area contributed by atoms with Gasteiger partial charge in [-0.3, -0.25) is 9.48 Å². The summed E-state index contributed by atoms with van der Waals surface area (Å²) < 4.78 is 69.6. The molecular weight excluding hydrogens is 421 g/mol. The number of nitrogens with zero attached hydrogens (tertiary/aromatic N) is 2. The van der Waals surface area contributed by atoms with Gasteiger partial charge in [0.25, 0.3) is 5.91 Å². The second-order valence-corrected chi connectivity index (χ2v) is 6.47. The van der Waals surface area contributed by atoms with Gasteiger partial charge in [-0.25, -0.2) is 8.78 Å². The second kappa shape index (κ2) is 7.86. The van der Waals surface area contributed by atoms with Crippen LogP contribution >= 0.6 is 11.6 Å². The number of amides is 1. The van der Waals surface area contributed by atoms with Crippen LogP contribution in [0.4, 0.5) is 22.0 Å². The lowest BCUT2D eigenvalue weighted by Crippen LogP contribution is -2.42. The van der Waals surface area contributed by atoms with Crippen LogP contribution in [0.3, 0.4) is 0 Å². The number of aryl methyl sites for hydroxylation is 1. The Balaban J connectivity index is 1.82. The summed E-state index contributed by atoms with van der Waals surface area (Å²) in [6.45, 7) is 0. The largest absolute Gasteiger partial charge is 0.573 e. The summed E-state index contributed by atoms with van der Waals surface area (Å²) in [5, 5.41) is 6.12. The van der Waals surface area contributed by atoms with Crippen LogP contribution < -0.4 is 10.1 Å². The molecule has 29 heavy (non-hydrogen) atoms. The van der Waals surface area contributed by atoms with Crippen LogP contribution in [0, 0.1) is 0 Å². The number of benzene rings is 1. The van der Waals surface area contributed by atoms with Crippen molar-refractivity contribution in [3.05, 3.63) is 59.0 Å². The first-order valence-corrected chi connectivity index (χ1v) is 8.51. The number of hydrogen-bond acceptors (Lipinski definition) is 3. The van der Waals surface area contributed by atoms with E-state index < -0.39 is 36.1 Å². The van der Waals surface area contributed by atoms with Crippen molar-refractivity contribution in [2.24, 2.45) is 7.05 Å². The number of ether oxygens (including phenoxy) is 1. The number of carbonyl (C=O) groups excluding carboxylic acids is 1. The van der Waals surface area contributed by atoms with Gasteiger partial charge < -0.3 is 10.1 Å². The minimum absolute atomic E-state index is 0.0723. The van der Waals surface area contributed by atoms with Crippen LogP contribution in [0.15, 0.2) is 48.3 Å². The number of carbonyl (C=O) groups is 1. The molecule has 1 aromatic heterocycles. The van der Waals surface area contributed by atoms with E-state index in [4.69, 9.17) is 11.6 Å². The molecule has 154 valence electrons. The Morgan fingerprint density at radius 2 is 2.03 bits per heavy atom. The van der Waals surface area contributed by atoms with Crippen LogP contribution in [-0.4, -0.2) is 34.3 Å². The van der Waals surface area contributed by atoms with Gasteiger partial charge >= 0.3 is 6.36 Å². The summed E-state index contributed by atoms with van der Waals surface area (Å²) in [5.74, 6) is -2.17. The Bertz CT molecular complexity index is 1000. The first kappa shape index (κ1) is 20.8. The van der Waals surface area contributed by atoms with E-state index in [0.29, 0.717) is 5.69 Å². The quantitative estimate of drug-likeness (QED) is 0.722. The number of allylic oxidation sites excluding steroid dienone is 2. The van der Waals surface area contributed by atoms with Gasteiger partial charge in [-0.05, 0) is 36.4 Å². The van der Waals surface area contributed by atoms with Crippen molar-refractivity contribution in [1.29, 1.82) is 0 Å². The van der Waals surface area contributed by atoms with Gasteiger partial charge in [-0.2, -0.15) is 5.10 Å². The minimum atomic E-state index is -4.87.